The fraction of sp³-hybridized carbons (Fsp3) is 0.222. The minimum absolute atomic E-state index is 1.27. The standard InChI is InChI=1S/C18H20/c1-5-6-16-11-14(3)15(4)18(12-16)17-9-7-13(2)8-10-17/h5-12H,1-4H3/b6-5+. The van der Waals surface area contributed by atoms with Gasteiger partial charge in [0.25, 0.3) is 0 Å². The van der Waals surface area contributed by atoms with Crippen LogP contribution >= 0.6 is 0 Å². The Balaban J connectivity index is 2.58. The molecule has 2 aromatic rings. The Labute approximate surface area is 110 Å². The van der Waals surface area contributed by atoms with E-state index < -0.39 is 0 Å². The van der Waals surface area contributed by atoms with Crippen LogP contribution in [-0.2, 0) is 0 Å². The Bertz CT molecular complexity index is 572. The molecule has 0 heterocycles. The SMILES string of the molecule is C/C=C/c1cc(C)c(C)c(-c2ccc(C)cc2)c1. The summed E-state index contributed by atoms with van der Waals surface area (Å²) in [5, 5.41) is 0. The summed E-state index contributed by atoms with van der Waals surface area (Å²) in [5.41, 5.74) is 7.93. The lowest BCUT2D eigenvalue weighted by Gasteiger charge is -2.11. The van der Waals surface area contributed by atoms with Gasteiger partial charge in [-0.15, -0.1) is 0 Å². The van der Waals surface area contributed by atoms with Crippen LogP contribution in [0.3, 0.4) is 0 Å². The fourth-order valence-electron chi connectivity index (χ4n) is 2.21. The highest BCUT2D eigenvalue weighted by Crippen LogP contribution is 2.28. The van der Waals surface area contributed by atoms with Crippen LogP contribution in [0.2, 0.25) is 0 Å². The second-order valence-electron chi connectivity index (χ2n) is 4.88. The van der Waals surface area contributed by atoms with E-state index >= 15 is 0 Å². The third-order valence-corrected chi connectivity index (χ3v) is 3.41. The first-order valence-electron chi connectivity index (χ1n) is 6.43. The molecule has 0 aliphatic carbocycles. The molecule has 0 fully saturated rings. The van der Waals surface area contributed by atoms with Crippen LogP contribution in [0.15, 0.2) is 42.5 Å². The van der Waals surface area contributed by atoms with Crippen LogP contribution in [-0.4, -0.2) is 0 Å². The van der Waals surface area contributed by atoms with E-state index in [1.165, 1.54) is 33.4 Å². The number of allylic oxidation sites excluding steroid dienone is 1. The third-order valence-electron chi connectivity index (χ3n) is 3.41. The van der Waals surface area contributed by atoms with Crippen molar-refractivity contribution in [3.8, 4) is 11.1 Å². The summed E-state index contributed by atoms with van der Waals surface area (Å²) in [7, 11) is 0. The molecule has 2 rings (SSSR count). The highest BCUT2D eigenvalue weighted by atomic mass is 14.1. The van der Waals surface area contributed by atoms with Gasteiger partial charge < -0.3 is 0 Å². The van der Waals surface area contributed by atoms with Gasteiger partial charge in [-0.05, 0) is 61.6 Å². The lowest BCUT2D eigenvalue weighted by Crippen LogP contribution is -1.89. The summed E-state index contributed by atoms with van der Waals surface area (Å²) in [4.78, 5) is 0. The van der Waals surface area contributed by atoms with Gasteiger partial charge in [-0.1, -0.05) is 48.0 Å². The van der Waals surface area contributed by atoms with Gasteiger partial charge >= 0.3 is 0 Å². The summed E-state index contributed by atoms with van der Waals surface area (Å²) < 4.78 is 0. The molecule has 0 bridgehead atoms. The maximum absolute atomic E-state index is 2.27. The predicted octanol–water partition coefficient (Wildman–Crippen LogP) is 5.31. The van der Waals surface area contributed by atoms with Crippen molar-refractivity contribution < 1.29 is 0 Å². The van der Waals surface area contributed by atoms with Crippen LogP contribution in [0.1, 0.15) is 29.2 Å². The summed E-state index contributed by atoms with van der Waals surface area (Å²) in [6.45, 7) is 8.56. The van der Waals surface area contributed by atoms with Gasteiger partial charge in [0.15, 0.2) is 0 Å². The first-order valence-corrected chi connectivity index (χ1v) is 6.43. The highest BCUT2D eigenvalue weighted by molar-refractivity contribution is 5.72. The molecule has 0 aliphatic rings. The van der Waals surface area contributed by atoms with Crippen molar-refractivity contribution in [3.63, 3.8) is 0 Å². The van der Waals surface area contributed by atoms with E-state index in [9.17, 15) is 0 Å². The molecule has 0 atom stereocenters. The highest BCUT2D eigenvalue weighted by Gasteiger charge is 2.05. The van der Waals surface area contributed by atoms with Crippen LogP contribution in [0.5, 0.6) is 0 Å². The molecule has 0 N–H and O–H groups in total. The minimum Gasteiger partial charge on any atom is -0.0871 e. The van der Waals surface area contributed by atoms with E-state index in [1.54, 1.807) is 0 Å². The van der Waals surface area contributed by atoms with Gasteiger partial charge in [0, 0.05) is 0 Å². The Morgan fingerprint density at radius 1 is 0.889 bits per heavy atom. The molecule has 0 unspecified atom stereocenters. The van der Waals surface area contributed by atoms with Gasteiger partial charge in [-0.2, -0.15) is 0 Å². The zero-order chi connectivity index (χ0) is 13.1. The summed E-state index contributed by atoms with van der Waals surface area (Å²) in [5.74, 6) is 0. The lowest BCUT2D eigenvalue weighted by atomic mass is 9.94. The lowest BCUT2D eigenvalue weighted by molar-refractivity contribution is 1.33. The van der Waals surface area contributed by atoms with E-state index in [2.05, 4.69) is 76.2 Å². The maximum atomic E-state index is 2.27. The quantitative estimate of drug-likeness (QED) is 0.662. The smallest absolute Gasteiger partial charge is 0.0146 e. The zero-order valence-electron chi connectivity index (χ0n) is 11.6. The van der Waals surface area contributed by atoms with Crippen LogP contribution in [0, 0.1) is 20.8 Å². The third kappa shape index (κ3) is 2.53. The second kappa shape index (κ2) is 5.22. The number of rotatable bonds is 2. The summed E-state index contributed by atoms with van der Waals surface area (Å²) in [6, 6.07) is 13.3. The number of aryl methyl sites for hydroxylation is 2. The second-order valence-corrected chi connectivity index (χ2v) is 4.88. The van der Waals surface area contributed by atoms with Crippen molar-refractivity contribution in [2.45, 2.75) is 27.7 Å². The molecular weight excluding hydrogens is 216 g/mol. The number of benzene rings is 2. The summed E-state index contributed by atoms with van der Waals surface area (Å²) in [6.07, 6.45) is 4.24. The molecular formula is C18H20. The van der Waals surface area contributed by atoms with Crippen molar-refractivity contribution in [2.75, 3.05) is 0 Å². The van der Waals surface area contributed by atoms with Gasteiger partial charge in [0.1, 0.15) is 0 Å². The molecule has 0 saturated carbocycles. The van der Waals surface area contributed by atoms with E-state index in [0.29, 0.717) is 0 Å². The fourth-order valence-corrected chi connectivity index (χ4v) is 2.21. The van der Waals surface area contributed by atoms with Crippen LogP contribution in [0.4, 0.5) is 0 Å². The molecule has 0 saturated heterocycles. The summed E-state index contributed by atoms with van der Waals surface area (Å²) >= 11 is 0. The average molecular weight is 236 g/mol. The van der Waals surface area contributed by atoms with E-state index in [1.807, 2.05) is 0 Å². The van der Waals surface area contributed by atoms with Gasteiger partial charge in [-0.3, -0.25) is 0 Å². The topological polar surface area (TPSA) is 0 Å². The molecule has 0 spiro atoms. The molecule has 0 radical (unpaired) electrons. The molecule has 0 aliphatic heterocycles. The van der Waals surface area contributed by atoms with Crippen molar-refractivity contribution in [1.82, 2.24) is 0 Å². The van der Waals surface area contributed by atoms with Crippen LogP contribution in [0.25, 0.3) is 17.2 Å². The monoisotopic (exact) mass is 236 g/mol. The first-order chi connectivity index (χ1) is 8.61. The van der Waals surface area contributed by atoms with Crippen LogP contribution < -0.4 is 0 Å². The predicted molar refractivity (Wildman–Crippen MR) is 80.8 cm³/mol. The van der Waals surface area contributed by atoms with Gasteiger partial charge in [0.2, 0.25) is 0 Å². The normalized spacial score (nSPS) is 11.1. The maximum Gasteiger partial charge on any atom is -0.0146 e. The molecule has 0 amide bonds. The van der Waals surface area contributed by atoms with E-state index in [4.69, 9.17) is 0 Å². The van der Waals surface area contributed by atoms with E-state index in [-0.39, 0.29) is 0 Å². The zero-order valence-corrected chi connectivity index (χ0v) is 11.6. The number of hydrogen-bond acceptors (Lipinski definition) is 0. The largest absolute Gasteiger partial charge is 0.0871 e. The first kappa shape index (κ1) is 12.6. The minimum atomic E-state index is 1.27. The van der Waals surface area contributed by atoms with Gasteiger partial charge in [0.05, 0.1) is 0 Å². The molecule has 0 aromatic heterocycles. The molecule has 18 heavy (non-hydrogen) atoms. The van der Waals surface area contributed by atoms with Crippen molar-refractivity contribution in [1.29, 1.82) is 0 Å². The molecule has 0 nitrogen and oxygen atoms in total. The Kier molecular flexibility index (Phi) is 3.66. The van der Waals surface area contributed by atoms with Crippen molar-refractivity contribution >= 4 is 6.08 Å². The van der Waals surface area contributed by atoms with Gasteiger partial charge in [-0.25, -0.2) is 0 Å². The Hall–Kier alpha value is -1.82. The molecule has 0 heteroatoms. The molecule has 92 valence electrons. The molecule has 2 aromatic carbocycles. The van der Waals surface area contributed by atoms with Crippen molar-refractivity contribution in [2.24, 2.45) is 0 Å². The Morgan fingerprint density at radius 3 is 2.17 bits per heavy atom. The van der Waals surface area contributed by atoms with Crippen molar-refractivity contribution in [3.05, 3.63) is 64.7 Å². The Morgan fingerprint density at radius 2 is 1.56 bits per heavy atom. The van der Waals surface area contributed by atoms with E-state index in [0.717, 1.165) is 0 Å². The average Bonchev–Trinajstić information content (AvgIpc) is 2.35. The number of hydrogen-bond donors (Lipinski definition) is 0.